The highest BCUT2D eigenvalue weighted by molar-refractivity contribution is 5.90. The molecule has 0 nitrogen and oxygen atoms in total. The van der Waals surface area contributed by atoms with E-state index >= 15 is 0 Å². The fourth-order valence-electron chi connectivity index (χ4n) is 7.27. The quantitative estimate of drug-likeness (QED) is 0.128. The molecular formula is C55H58. The average Bonchev–Trinajstić information content (AvgIpc) is 3.22. The van der Waals surface area contributed by atoms with Crippen LogP contribution < -0.4 is 0 Å². The lowest BCUT2D eigenvalue weighted by molar-refractivity contribution is 0.808. The van der Waals surface area contributed by atoms with Gasteiger partial charge in [0.1, 0.15) is 0 Å². The summed E-state index contributed by atoms with van der Waals surface area (Å²) in [4.78, 5) is 0. The molecule has 0 radical (unpaired) electrons. The van der Waals surface area contributed by atoms with Crippen LogP contribution in [0.2, 0.25) is 0 Å². The zero-order valence-corrected chi connectivity index (χ0v) is 34.0. The maximum absolute atomic E-state index is 2.37. The van der Waals surface area contributed by atoms with Gasteiger partial charge in [0, 0.05) is 5.92 Å². The predicted molar refractivity (Wildman–Crippen MR) is 245 cm³/mol. The largest absolute Gasteiger partial charge is 0.0874 e. The van der Waals surface area contributed by atoms with E-state index in [9.17, 15) is 0 Å². The molecule has 1 unspecified atom stereocenters. The number of hydrogen-bond acceptors (Lipinski definition) is 0. The van der Waals surface area contributed by atoms with Crippen molar-refractivity contribution in [3.8, 4) is 11.1 Å². The molecule has 0 heterocycles. The van der Waals surface area contributed by atoms with Crippen molar-refractivity contribution in [3.63, 3.8) is 0 Å². The first-order valence-electron chi connectivity index (χ1n) is 19.9. The topological polar surface area (TPSA) is 0 Å². The van der Waals surface area contributed by atoms with Gasteiger partial charge in [0.15, 0.2) is 0 Å². The van der Waals surface area contributed by atoms with E-state index < -0.39 is 0 Å². The Kier molecular flexibility index (Phi) is 15.2. The summed E-state index contributed by atoms with van der Waals surface area (Å²) < 4.78 is 0. The van der Waals surface area contributed by atoms with E-state index in [0.717, 1.165) is 19.3 Å². The molecule has 0 fully saturated rings. The SMILES string of the molecule is C\C=C/C(=C\C)C(/C)=C/C=C(\C)C(C/C=C\C(=C/C)c1ccc2cc(/C3=C/C(C)=C(/C=C\C)C/C=C\C=C/C3)ccc2c1)c1ccc(-c2ccccc2)cc1. The monoisotopic (exact) mass is 718 g/mol. The van der Waals surface area contributed by atoms with Gasteiger partial charge < -0.3 is 0 Å². The summed E-state index contributed by atoms with van der Waals surface area (Å²) in [5.74, 6) is 0.253. The fourth-order valence-corrected chi connectivity index (χ4v) is 7.27. The van der Waals surface area contributed by atoms with Crippen LogP contribution in [0.5, 0.6) is 0 Å². The summed E-state index contributed by atoms with van der Waals surface area (Å²) in [6.07, 6.45) is 36.3. The maximum Gasteiger partial charge on any atom is 0.00831 e. The highest BCUT2D eigenvalue weighted by Gasteiger charge is 2.13. The second-order valence-corrected chi connectivity index (χ2v) is 14.3. The molecule has 0 heteroatoms. The Hall–Kier alpha value is -5.72. The lowest BCUT2D eigenvalue weighted by atomic mass is 9.87. The third kappa shape index (κ3) is 11.2. The van der Waals surface area contributed by atoms with Crippen LogP contribution in [0.1, 0.15) is 90.3 Å². The van der Waals surface area contributed by atoms with Crippen molar-refractivity contribution < 1.29 is 0 Å². The number of fused-ring (bicyclic) bond motifs is 1. The molecule has 55 heavy (non-hydrogen) atoms. The number of allylic oxidation sites excluding steroid dienone is 22. The Morgan fingerprint density at radius 1 is 0.673 bits per heavy atom. The van der Waals surface area contributed by atoms with Crippen molar-refractivity contribution in [2.24, 2.45) is 0 Å². The van der Waals surface area contributed by atoms with Gasteiger partial charge in [-0.15, -0.1) is 0 Å². The zero-order chi connectivity index (χ0) is 39.0. The third-order valence-corrected chi connectivity index (χ3v) is 10.5. The first-order valence-corrected chi connectivity index (χ1v) is 19.9. The summed E-state index contributed by atoms with van der Waals surface area (Å²) in [7, 11) is 0. The lowest BCUT2D eigenvalue weighted by Crippen LogP contribution is -2.00. The third-order valence-electron chi connectivity index (χ3n) is 10.5. The minimum Gasteiger partial charge on any atom is -0.0874 e. The standard InChI is InChI=1S/C55H58/c1-8-20-44(10-3)41(5)28-29-42(6)55(49-32-30-48(31-33-49)47-23-17-14-18-24-47)27-19-26-45(11-4)51-34-35-54-40-52(36-37-53(54)39-51)50-25-16-13-12-15-22-46(21-9-2)43(7)38-50/h8-21,23-24,26,28-40,55H,22,25,27H2,1-7H3/b15-12-,16-13-,20-8-,21-9-,26-19-,41-28+,42-29+,44-10+,45-11+,46-43-,50-38+. The summed E-state index contributed by atoms with van der Waals surface area (Å²) in [5.41, 5.74) is 15.4. The van der Waals surface area contributed by atoms with Gasteiger partial charge in [0.2, 0.25) is 0 Å². The van der Waals surface area contributed by atoms with Gasteiger partial charge >= 0.3 is 0 Å². The molecule has 1 aliphatic rings. The van der Waals surface area contributed by atoms with Gasteiger partial charge in [0.25, 0.3) is 0 Å². The van der Waals surface area contributed by atoms with Crippen molar-refractivity contribution >= 4 is 21.9 Å². The molecule has 0 N–H and O–H groups in total. The van der Waals surface area contributed by atoms with Crippen molar-refractivity contribution in [2.45, 2.75) is 73.6 Å². The molecule has 4 aromatic carbocycles. The Morgan fingerprint density at radius 3 is 2.07 bits per heavy atom. The molecule has 1 aliphatic carbocycles. The van der Waals surface area contributed by atoms with E-state index in [1.54, 1.807) is 0 Å². The van der Waals surface area contributed by atoms with Gasteiger partial charge in [-0.25, -0.2) is 0 Å². The number of benzene rings is 4. The summed E-state index contributed by atoms with van der Waals surface area (Å²) >= 11 is 0. The normalized spacial score (nSPS) is 19.3. The smallest absolute Gasteiger partial charge is 0.00831 e. The van der Waals surface area contributed by atoms with E-state index in [2.05, 4.69) is 231 Å². The second-order valence-electron chi connectivity index (χ2n) is 14.3. The van der Waals surface area contributed by atoms with E-state index in [1.807, 2.05) is 0 Å². The zero-order valence-electron chi connectivity index (χ0n) is 34.0. The van der Waals surface area contributed by atoms with Crippen LogP contribution in [0, 0.1) is 0 Å². The fraction of sp³-hybridized carbons (Fsp3) is 0.200. The van der Waals surface area contributed by atoms with Crippen LogP contribution >= 0.6 is 0 Å². The highest BCUT2D eigenvalue weighted by Crippen LogP contribution is 2.33. The van der Waals surface area contributed by atoms with Crippen molar-refractivity contribution in [1.29, 1.82) is 0 Å². The van der Waals surface area contributed by atoms with E-state index in [0.29, 0.717) is 0 Å². The molecule has 4 aromatic rings. The van der Waals surface area contributed by atoms with Gasteiger partial charge in [-0.3, -0.25) is 0 Å². The molecule has 0 saturated carbocycles. The van der Waals surface area contributed by atoms with Gasteiger partial charge in [-0.05, 0) is 152 Å². The predicted octanol–water partition coefficient (Wildman–Crippen LogP) is 16.2. The first kappa shape index (κ1) is 40.5. The Bertz CT molecular complexity index is 2260. The molecule has 0 aliphatic heterocycles. The van der Waals surface area contributed by atoms with Crippen molar-refractivity contribution in [1.82, 2.24) is 0 Å². The van der Waals surface area contributed by atoms with Crippen molar-refractivity contribution in [2.75, 3.05) is 0 Å². The van der Waals surface area contributed by atoms with Crippen LogP contribution in [0.3, 0.4) is 0 Å². The Labute approximate surface area is 332 Å². The number of hydrogen-bond donors (Lipinski definition) is 0. The number of rotatable bonds is 12. The van der Waals surface area contributed by atoms with E-state index in [4.69, 9.17) is 0 Å². The Balaban J connectivity index is 1.41. The summed E-state index contributed by atoms with van der Waals surface area (Å²) in [6.45, 7) is 15.1. The molecule has 0 aromatic heterocycles. The van der Waals surface area contributed by atoms with Crippen LogP contribution in [-0.4, -0.2) is 0 Å². The Morgan fingerprint density at radius 2 is 1.36 bits per heavy atom. The van der Waals surface area contributed by atoms with Gasteiger partial charge in [0.05, 0.1) is 0 Å². The first-order chi connectivity index (χ1) is 26.8. The van der Waals surface area contributed by atoms with Gasteiger partial charge in [-0.2, -0.15) is 0 Å². The summed E-state index contributed by atoms with van der Waals surface area (Å²) in [6, 6.07) is 33.6. The molecule has 0 amide bonds. The molecular weight excluding hydrogens is 661 g/mol. The molecule has 0 bridgehead atoms. The molecule has 278 valence electrons. The van der Waals surface area contributed by atoms with Crippen LogP contribution in [0.4, 0.5) is 0 Å². The summed E-state index contributed by atoms with van der Waals surface area (Å²) in [5, 5.41) is 2.52. The van der Waals surface area contributed by atoms with Crippen LogP contribution in [0.15, 0.2) is 210 Å². The minimum absolute atomic E-state index is 0.253. The van der Waals surface area contributed by atoms with Crippen LogP contribution in [-0.2, 0) is 0 Å². The van der Waals surface area contributed by atoms with E-state index in [-0.39, 0.29) is 5.92 Å². The second kappa shape index (κ2) is 20.7. The van der Waals surface area contributed by atoms with E-state index in [1.165, 1.54) is 77.6 Å². The molecule has 1 atom stereocenters. The van der Waals surface area contributed by atoms with Crippen LogP contribution in [0.25, 0.3) is 33.0 Å². The molecule has 0 spiro atoms. The maximum atomic E-state index is 2.37. The minimum atomic E-state index is 0.253. The molecule has 0 saturated heterocycles. The van der Waals surface area contributed by atoms with Crippen molar-refractivity contribution in [3.05, 3.63) is 227 Å². The lowest BCUT2D eigenvalue weighted by Gasteiger charge is -2.18. The highest BCUT2D eigenvalue weighted by atomic mass is 14.2. The van der Waals surface area contributed by atoms with Gasteiger partial charge in [-0.1, -0.05) is 176 Å². The molecule has 5 rings (SSSR count). The average molecular weight is 719 g/mol.